The fourth-order valence-electron chi connectivity index (χ4n) is 7.31. The lowest BCUT2D eigenvalue weighted by molar-refractivity contribution is 0.769. The Kier molecular flexibility index (Phi) is 5.72. The summed E-state index contributed by atoms with van der Waals surface area (Å²) in [5, 5.41) is 2.15. The lowest BCUT2D eigenvalue weighted by Gasteiger charge is -2.34. The maximum absolute atomic E-state index is 5.30. The van der Waals surface area contributed by atoms with E-state index in [2.05, 4.69) is 140 Å². The van der Waals surface area contributed by atoms with Gasteiger partial charge in [0.2, 0.25) is 0 Å². The van der Waals surface area contributed by atoms with Crippen LogP contribution >= 0.6 is 0 Å². The normalized spacial score (nSPS) is 13.1. The highest BCUT2D eigenvalue weighted by atomic mass is 14.8. The molecule has 1 aliphatic carbocycles. The van der Waals surface area contributed by atoms with Gasteiger partial charge < -0.3 is 0 Å². The number of hydrogen-bond acceptors (Lipinski definition) is 3. The van der Waals surface area contributed by atoms with Gasteiger partial charge in [0, 0.05) is 34.3 Å². The van der Waals surface area contributed by atoms with E-state index >= 15 is 0 Å². The van der Waals surface area contributed by atoms with Gasteiger partial charge in [-0.15, -0.1) is 0 Å². The fraction of sp³-hybridized carbons (Fsp3) is 0.0238. The Bertz CT molecular complexity index is 2330. The molecule has 210 valence electrons. The monoisotopic (exact) mass is 573 g/mol. The summed E-state index contributed by atoms with van der Waals surface area (Å²) >= 11 is 0. The molecule has 0 amide bonds. The van der Waals surface area contributed by atoms with Crippen LogP contribution in [0.15, 0.2) is 164 Å². The molecule has 0 spiro atoms. The van der Waals surface area contributed by atoms with Crippen LogP contribution in [-0.2, 0) is 5.41 Å². The third kappa shape index (κ3) is 3.81. The minimum atomic E-state index is -0.493. The van der Waals surface area contributed by atoms with Gasteiger partial charge in [0.15, 0.2) is 0 Å². The number of rotatable bonds is 4. The number of pyridine rings is 3. The van der Waals surface area contributed by atoms with Gasteiger partial charge in [0.1, 0.15) is 0 Å². The van der Waals surface area contributed by atoms with Crippen LogP contribution in [0.1, 0.15) is 22.3 Å². The van der Waals surface area contributed by atoms with Crippen molar-refractivity contribution in [3.63, 3.8) is 0 Å². The molecule has 0 bridgehead atoms. The summed E-state index contributed by atoms with van der Waals surface area (Å²) < 4.78 is 0. The molecule has 0 saturated heterocycles. The lowest BCUT2D eigenvalue weighted by Crippen LogP contribution is -2.28. The van der Waals surface area contributed by atoms with Gasteiger partial charge in [-0.1, -0.05) is 115 Å². The van der Waals surface area contributed by atoms with E-state index < -0.39 is 5.41 Å². The molecule has 9 rings (SSSR count). The van der Waals surface area contributed by atoms with Crippen molar-refractivity contribution >= 4 is 21.8 Å². The first-order chi connectivity index (χ1) is 22.3. The zero-order chi connectivity index (χ0) is 29.8. The molecule has 3 heteroatoms. The molecule has 0 aliphatic heterocycles. The Hall–Kier alpha value is -5.93. The molecule has 0 unspecified atom stereocenters. The maximum atomic E-state index is 5.30. The van der Waals surface area contributed by atoms with E-state index in [1.54, 1.807) is 0 Å². The molecule has 3 aromatic heterocycles. The molecule has 0 atom stereocenters. The third-order valence-electron chi connectivity index (χ3n) is 9.25. The minimum absolute atomic E-state index is 0.493. The van der Waals surface area contributed by atoms with Gasteiger partial charge >= 0.3 is 0 Å². The average Bonchev–Trinajstić information content (AvgIpc) is 3.42. The van der Waals surface area contributed by atoms with Crippen molar-refractivity contribution in [2.45, 2.75) is 5.41 Å². The van der Waals surface area contributed by atoms with Crippen LogP contribution in [0.5, 0.6) is 0 Å². The maximum Gasteiger partial charge on any atom is 0.0972 e. The van der Waals surface area contributed by atoms with Crippen LogP contribution in [0.3, 0.4) is 0 Å². The van der Waals surface area contributed by atoms with Crippen LogP contribution in [0.2, 0.25) is 0 Å². The Labute approximate surface area is 261 Å². The standard InChI is InChI=1S/C42H27N3/c1-3-13-30(14-4-1)42(31-15-5-2-6-16-31)36-18-8-7-17-32(36)33-26-34(35(27-37(33)42)38-19-9-10-24-43-38)39-23-22-29-21-20-28-12-11-25-44-40(28)41(29)45-39/h1-27H. The van der Waals surface area contributed by atoms with Gasteiger partial charge in [-0.3, -0.25) is 9.97 Å². The van der Waals surface area contributed by atoms with Gasteiger partial charge in [0.05, 0.1) is 27.8 Å². The average molecular weight is 574 g/mol. The first-order valence-electron chi connectivity index (χ1n) is 15.3. The molecule has 0 saturated carbocycles. The second-order valence-electron chi connectivity index (χ2n) is 11.6. The molecule has 0 radical (unpaired) electrons. The Morgan fingerprint density at radius 2 is 1.02 bits per heavy atom. The number of fused-ring (bicyclic) bond motifs is 6. The summed E-state index contributed by atoms with van der Waals surface area (Å²) in [7, 11) is 0. The molecule has 8 aromatic rings. The van der Waals surface area contributed by atoms with Gasteiger partial charge in [-0.05, 0) is 69.8 Å². The van der Waals surface area contributed by atoms with Crippen molar-refractivity contribution in [1.29, 1.82) is 0 Å². The highest BCUT2D eigenvalue weighted by molar-refractivity contribution is 6.04. The fourth-order valence-corrected chi connectivity index (χ4v) is 7.31. The van der Waals surface area contributed by atoms with Crippen molar-refractivity contribution < 1.29 is 0 Å². The molecule has 1 aliphatic rings. The largest absolute Gasteiger partial charge is 0.256 e. The molecule has 3 nitrogen and oxygen atoms in total. The number of benzene rings is 5. The van der Waals surface area contributed by atoms with Gasteiger partial charge in [0.25, 0.3) is 0 Å². The van der Waals surface area contributed by atoms with Crippen LogP contribution in [-0.4, -0.2) is 15.0 Å². The zero-order valence-corrected chi connectivity index (χ0v) is 24.4. The van der Waals surface area contributed by atoms with Crippen LogP contribution < -0.4 is 0 Å². The SMILES string of the molecule is c1ccc(C2(c3ccccc3)c3ccccc3-c3cc(-c4ccc5ccc6cccnc6c5n4)c(-c4ccccn4)cc32)cc1. The Morgan fingerprint density at radius 3 is 1.78 bits per heavy atom. The summed E-state index contributed by atoms with van der Waals surface area (Å²) in [4.78, 5) is 14.9. The van der Waals surface area contributed by atoms with Crippen LogP contribution in [0.4, 0.5) is 0 Å². The van der Waals surface area contributed by atoms with E-state index in [9.17, 15) is 0 Å². The molecule has 0 fully saturated rings. The second-order valence-corrected chi connectivity index (χ2v) is 11.6. The molecule has 0 N–H and O–H groups in total. The molecule has 3 heterocycles. The first kappa shape index (κ1) is 25.6. The number of nitrogens with zero attached hydrogens (tertiary/aromatic N) is 3. The van der Waals surface area contributed by atoms with E-state index in [-0.39, 0.29) is 0 Å². The quantitative estimate of drug-likeness (QED) is 0.197. The highest BCUT2D eigenvalue weighted by Gasteiger charge is 2.46. The van der Waals surface area contributed by atoms with Crippen LogP contribution in [0, 0.1) is 0 Å². The molecule has 5 aromatic carbocycles. The summed E-state index contributed by atoms with van der Waals surface area (Å²) in [6, 6.07) is 54.1. The first-order valence-corrected chi connectivity index (χ1v) is 15.3. The van der Waals surface area contributed by atoms with Crippen molar-refractivity contribution in [2.75, 3.05) is 0 Å². The Balaban J connectivity index is 1.40. The van der Waals surface area contributed by atoms with Crippen molar-refractivity contribution in [3.05, 3.63) is 186 Å². The minimum Gasteiger partial charge on any atom is -0.256 e. The van der Waals surface area contributed by atoms with Crippen molar-refractivity contribution in [3.8, 4) is 33.6 Å². The smallest absolute Gasteiger partial charge is 0.0972 e. The summed E-state index contributed by atoms with van der Waals surface area (Å²) in [5.41, 5.74) is 12.7. The Morgan fingerprint density at radius 1 is 0.378 bits per heavy atom. The summed E-state index contributed by atoms with van der Waals surface area (Å²) in [6.07, 6.45) is 3.71. The van der Waals surface area contributed by atoms with E-state index in [0.717, 1.165) is 44.3 Å². The predicted octanol–water partition coefficient (Wildman–Crippen LogP) is 9.88. The molecular formula is C42H27N3. The summed E-state index contributed by atoms with van der Waals surface area (Å²) in [6.45, 7) is 0. The molecule has 45 heavy (non-hydrogen) atoms. The van der Waals surface area contributed by atoms with Crippen molar-refractivity contribution in [1.82, 2.24) is 15.0 Å². The van der Waals surface area contributed by atoms with E-state index in [0.29, 0.717) is 0 Å². The molecular weight excluding hydrogens is 546 g/mol. The zero-order valence-electron chi connectivity index (χ0n) is 24.4. The van der Waals surface area contributed by atoms with Crippen molar-refractivity contribution in [2.24, 2.45) is 0 Å². The van der Waals surface area contributed by atoms with E-state index in [1.165, 1.54) is 33.4 Å². The number of aromatic nitrogens is 3. The van der Waals surface area contributed by atoms with Crippen LogP contribution in [0.25, 0.3) is 55.4 Å². The topological polar surface area (TPSA) is 38.7 Å². The van der Waals surface area contributed by atoms with E-state index in [4.69, 9.17) is 15.0 Å². The second kappa shape index (κ2) is 10.1. The third-order valence-corrected chi connectivity index (χ3v) is 9.25. The van der Waals surface area contributed by atoms with E-state index in [1.807, 2.05) is 24.5 Å². The number of hydrogen-bond donors (Lipinski definition) is 0. The summed E-state index contributed by atoms with van der Waals surface area (Å²) in [5.74, 6) is 0. The van der Waals surface area contributed by atoms with Gasteiger partial charge in [-0.25, -0.2) is 4.98 Å². The van der Waals surface area contributed by atoms with Gasteiger partial charge in [-0.2, -0.15) is 0 Å². The highest BCUT2D eigenvalue weighted by Crippen LogP contribution is 2.57. The lowest BCUT2D eigenvalue weighted by atomic mass is 9.67. The predicted molar refractivity (Wildman–Crippen MR) is 183 cm³/mol.